The lowest BCUT2D eigenvalue weighted by Crippen LogP contribution is -2.27. The first kappa shape index (κ1) is 13.5. The Bertz CT molecular complexity index is 351. The maximum absolute atomic E-state index is 11.8. The predicted octanol–water partition coefficient (Wildman–Crippen LogP) is 1.08. The van der Waals surface area contributed by atoms with Crippen LogP contribution in [0, 0.1) is 11.8 Å². The Labute approximate surface area is 98.7 Å². The van der Waals surface area contributed by atoms with Crippen molar-refractivity contribution in [3.8, 4) is 0 Å². The number of ether oxygens (including phenoxy) is 2. The molecule has 0 spiro atoms. The van der Waals surface area contributed by atoms with Crippen molar-refractivity contribution in [1.82, 2.24) is 0 Å². The topological polar surface area (TPSA) is 101 Å². The van der Waals surface area contributed by atoms with Gasteiger partial charge >= 0.3 is 5.97 Å². The maximum Gasteiger partial charge on any atom is 0.309 e. The van der Waals surface area contributed by atoms with Crippen molar-refractivity contribution < 1.29 is 19.1 Å². The quantitative estimate of drug-likeness (QED) is 0.311. The second-order valence-corrected chi connectivity index (χ2v) is 3.92. The molecule has 0 N–H and O–H groups in total. The third-order valence-electron chi connectivity index (χ3n) is 3.06. The molecule has 0 bridgehead atoms. The van der Waals surface area contributed by atoms with E-state index in [1.54, 1.807) is 7.11 Å². The fourth-order valence-corrected chi connectivity index (χ4v) is 2.17. The van der Waals surface area contributed by atoms with E-state index in [4.69, 9.17) is 10.3 Å². The monoisotopic (exact) mass is 241 g/mol. The molecule has 1 fully saturated rings. The first-order valence-electron chi connectivity index (χ1n) is 5.28. The zero-order chi connectivity index (χ0) is 12.8. The molecule has 7 nitrogen and oxygen atoms in total. The predicted molar refractivity (Wildman–Crippen MR) is 58.0 cm³/mol. The lowest BCUT2D eigenvalue weighted by molar-refractivity contribution is -0.148. The van der Waals surface area contributed by atoms with Crippen LogP contribution in [0.4, 0.5) is 0 Å². The Morgan fingerprint density at radius 2 is 2.00 bits per heavy atom. The van der Waals surface area contributed by atoms with Gasteiger partial charge in [-0.05, 0) is 18.4 Å². The standard InChI is InChI=1S/C10H15N3O4/c1-16-6-3-7(9(14)5-12-13-11)8(4-6)10(15)17-2/h6-8H,3-5H2,1-2H3/t6-,7?,8?/m0/s1. The highest BCUT2D eigenvalue weighted by Crippen LogP contribution is 2.35. The van der Waals surface area contributed by atoms with Gasteiger partial charge in [0.1, 0.15) is 5.78 Å². The highest BCUT2D eigenvalue weighted by atomic mass is 16.5. The molecular weight excluding hydrogens is 226 g/mol. The van der Waals surface area contributed by atoms with E-state index in [1.807, 2.05) is 0 Å². The highest BCUT2D eigenvalue weighted by molar-refractivity contribution is 5.88. The third kappa shape index (κ3) is 3.18. The molecule has 17 heavy (non-hydrogen) atoms. The van der Waals surface area contributed by atoms with Crippen LogP contribution >= 0.6 is 0 Å². The molecule has 0 aromatic heterocycles. The van der Waals surface area contributed by atoms with E-state index in [0.717, 1.165) is 0 Å². The number of azide groups is 1. The van der Waals surface area contributed by atoms with Gasteiger partial charge in [-0.2, -0.15) is 0 Å². The molecule has 0 heterocycles. The van der Waals surface area contributed by atoms with E-state index < -0.39 is 17.8 Å². The SMILES string of the molecule is COC(=O)C1C[C@@H](OC)CC1C(=O)CN=[N+]=[N-]. The number of esters is 1. The molecule has 7 heteroatoms. The van der Waals surface area contributed by atoms with E-state index in [1.165, 1.54) is 7.11 Å². The highest BCUT2D eigenvalue weighted by Gasteiger charge is 2.42. The molecule has 0 saturated heterocycles. The minimum absolute atomic E-state index is 0.126. The molecular formula is C10H15N3O4. The lowest BCUT2D eigenvalue weighted by atomic mass is 9.92. The van der Waals surface area contributed by atoms with Crippen molar-refractivity contribution in [3.63, 3.8) is 0 Å². The summed E-state index contributed by atoms with van der Waals surface area (Å²) < 4.78 is 9.82. The van der Waals surface area contributed by atoms with Crippen LogP contribution < -0.4 is 0 Å². The third-order valence-corrected chi connectivity index (χ3v) is 3.06. The van der Waals surface area contributed by atoms with Gasteiger partial charge in [-0.15, -0.1) is 0 Å². The molecule has 3 atom stereocenters. The molecule has 1 rings (SSSR count). The summed E-state index contributed by atoms with van der Waals surface area (Å²) in [5.41, 5.74) is 8.17. The van der Waals surface area contributed by atoms with Crippen LogP contribution in [0.25, 0.3) is 10.4 Å². The second kappa shape index (κ2) is 6.22. The number of methoxy groups -OCH3 is 2. The minimum Gasteiger partial charge on any atom is -0.469 e. The number of rotatable bonds is 5. The zero-order valence-corrected chi connectivity index (χ0v) is 9.83. The van der Waals surface area contributed by atoms with Crippen LogP contribution in [0.2, 0.25) is 0 Å². The van der Waals surface area contributed by atoms with Crippen LogP contribution in [0.3, 0.4) is 0 Å². The first-order valence-corrected chi connectivity index (χ1v) is 5.28. The van der Waals surface area contributed by atoms with Crippen molar-refractivity contribution in [2.75, 3.05) is 20.8 Å². The zero-order valence-electron chi connectivity index (χ0n) is 9.83. The Morgan fingerprint density at radius 3 is 2.53 bits per heavy atom. The number of carbonyl (C=O) groups excluding carboxylic acids is 2. The smallest absolute Gasteiger partial charge is 0.309 e. The van der Waals surface area contributed by atoms with Gasteiger partial charge in [-0.3, -0.25) is 9.59 Å². The van der Waals surface area contributed by atoms with E-state index in [2.05, 4.69) is 14.8 Å². The summed E-state index contributed by atoms with van der Waals surface area (Å²) in [6, 6.07) is 0. The molecule has 0 aromatic carbocycles. The summed E-state index contributed by atoms with van der Waals surface area (Å²) in [5.74, 6) is -1.62. The Balaban J connectivity index is 2.75. The van der Waals surface area contributed by atoms with Gasteiger partial charge in [-0.25, -0.2) is 0 Å². The summed E-state index contributed by atoms with van der Waals surface area (Å²) >= 11 is 0. The van der Waals surface area contributed by atoms with Gasteiger partial charge in [0.15, 0.2) is 0 Å². The lowest BCUT2D eigenvalue weighted by Gasteiger charge is -2.14. The van der Waals surface area contributed by atoms with Crippen molar-refractivity contribution in [2.24, 2.45) is 17.0 Å². The fraction of sp³-hybridized carbons (Fsp3) is 0.800. The molecule has 0 radical (unpaired) electrons. The van der Waals surface area contributed by atoms with Gasteiger partial charge in [0.2, 0.25) is 0 Å². The molecule has 2 unspecified atom stereocenters. The Morgan fingerprint density at radius 1 is 1.35 bits per heavy atom. The van der Waals surface area contributed by atoms with Crippen molar-refractivity contribution in [2.45, 2.75) is 18.9 Å². The van der Waals surface area contributed by atoms with Gasteiger partial charge in [0.25, 0.3) is 0 Å². The Hall–Kier alpha value is -1.59. The largest absolute Gasteiger partial charge is 0.469 e. The summed E-state index contributed by atoms with van der Waals surface area (Å²) in [6.07, 6.45) is 0.811. The summed E-state index contributed by atoms with van der Waals surface area (Å²) in [7, 11) is 2.83. The van der Waals surface area contributed by atoms with Crippen LogP contribution in [-0.4, -0.2) is 38.6 Å². The fourth-order valence-electron chi connectivity index (χ4n) is 2.17. The van der Waals surface area contributed by atoms with Crippen LogP contribution in [0.1, 0.15) is 12.8 Å². The summed E-state index contributed by atoms with van der Waals surface area (Å²) in [6.45, 7) is -0.231. The normalized spacial score (nSPS) is 27.3. The van der Waals surface area contributed by atoms with Gasteiger partial charge < -0.3 is 9.47 Å². The van der Waals surface area contributed by atoms with Crippen molar-refractivity contribution >= 4 is 11.8 Å². The summed E-state index contributed by atoms with van der Waals surface area (Å²) in [4.78, 5) is 25.8. The number of nitrogens with zero attached hydrogens (tertiary/aromatic N) is 3. The molecule has 94 valence electrons. The number of hydrogen-bond donors (Lipinski definition) is 0. The first-order chi connectivity index (χ1) is 8.13. The van der Waals surface area contributed by atoms with Crippen LogP contribution in [0.5, 0.6) is 0 Å². The van der Waals surface area contributed by atoms with E-state index in [9.17, 15) is 9.59 Å². The van der Waals surface area contributed by atoms with Crippen LogP contribution in [-0.2, 0) is 19.1 Å². The number of hydrogen-bond acceptors (Lipinski definition) is 5. The molecule has 1 saturated carbocycles. The average Bonchev–Trinajstić information content (AvgIpc) is 2.79. The molecule has 0 aromatic rings. The number of Topliss-reactive ketones (excluding diaryl/α,β-unsaturated/α-hetero) is 1. The molecule has 0 amide bonds. The minimum atomic E-state index is -0.494. The van der Waals surface area contributed by atoms with E-state index in [0.29, 0.717) is 12.8 Å². The number of carbonyl (C=O) groups is 2. The Kier molecular flexibility index (Phi) is 4.93. The average molecular weight is 241 g/mol. The van der Waals surface area contributed by atoms with Crippen LogP contribution in [0.15, 0.2) is 5.11 Å². The van der Waals surface area contributed by atoms with E-state index >= 15 is 0 Å². The van der Waals surface area contributed by atoms with Gasteiger partial charge in [0, 0.05) is 17.9 Å². The molecule has 1 aliphatic rings. The summed E-state index contributed by atoms with van der Waals surface area (Å²) in [5, 5.41) is 3.22. The molecule has 0 aliphatic heterocycles. The van der Waals surface area contributed by atoms with Crippen molar-refractivity contribution in [3.05, 3.63) is 10.4 Å². The maximum atomic E-state index is 11.8. The van der Waals surface area contributed by atoms with Gasteiger partial charge in [-0.1, -0.05) is 5.11 Å². The second-order valence-electron chi connectivity index (χ2n) is 3.92. The molecule has 1 aliphatic carbocycles. The number of ketones is 1. The van der Waals surface area contributed by atoms with E-state index in [-0.39, 0.29) is 18.4 Å². The van der Waals surface area contributed by atoms with Gasteiger partial charge in [0.05, 0.1) is 25.7 Å². The van der Waals surface area contributed by atoms with Crippen molar-refractivity contribution in [1.29, 1.82) is 0 Å².